The van der Waals surface area contributed by atoms with E-state index in [0.29, 0.717) is 11.3 Å². The highest BCUT2D eigenvalue weighted by molar-refractivity contribution is 7.99. The van der Waals surface area contributed by atoms with E-state index in [9.17, 15) is 4.79 Å². The van der Waals surface area contributed by atoms with Crippen molar-refractivity contribution < 1.29 is 4.79 Å². The molecule has 0 aliphatic carbocycles. The summed E-state index contributed by atoms with van der Waals surface area (Å²) in [5.74, 6) is 0.183. The number of thioether (sulfide) groups is 1. The van der Waals surface area contributed by atoms with Gasteiger partial charge in [0.05, 0.1) is 27.9 Å². The number of nitrogens with one attached hydrogen (secondary N) is 1. The Labute approximate surface area is 144 Å². The van der Waals surface area contributed by atoms with Crippen LogP contribution in [0.25, 0.3) is 10.9 Å². The van der Waals surface area contributed by atoms with Crippen molar-refractivity contribution in [3.05, 3.63) is 65.7 Å². The molecule has 0 aliphatic heterocycles. The summed E-state index contributed by atoms with van der Waals surface area (Å²) in [7, 11) is 0. The first-order valence-corrected chi connectivity index (χ1v) is 8.43. The molecule has 5 heteroatoms. The number of fused-ring (bicyclic) bond motifs is 1. The quantitative estimate of drug-likeness (QED) is 0.729. The van der Waals surface area contributed by atoms with Gasteiger partial charge >= 0.3 is 0 Å². The Hall–Kier alpha value is -2.84. The first-order valence-electron chi connectivity index (χ1n) is 7.45. The molecule has 1 aromatic heterocycles. The van der Waals surface area contributed by atoms with Crippen LogP contribution in [0.3, 0.4) is 0 Å². The summed E-state index contributed by atoms with van der Waals surface area (Å²) in [5.41, 5.74) is 3.34. The van der Waals surface area contributed by atoms with Crippen LogP contribution in [0.5, 0.6) is 0 Å². The Bertz CT molecular complexity index is 929. The summed E-state index contributed by atoms with van der Waals surface area (Å²) in [5, 5.41) is 13.6. The van der Waals surface area contributed by atoms with E-state index in [2.05, 4.69) is 10.3 Å². The van der Waals surface area contributed by atoms with Crippen LogP contribution < -0.4 is 5.32 Å². The number of hydrogen-bond acceptors (Lipinski definition) is 4. The zero-order valence-electron chi connectivity index (χ0n) is 13.1. The molecule has 24 heavy (non-hydrogen) atoms. The van der Waals surface area contributed by atoms with Gasteiger partial charge in [-0.25, -0.2) is 4.98 Å². The lowest BCUT2D eigenvalue weighted by Gasteiger charge is -2.07. The second-order valence-electron chi connectivity index (χ2n) is 5.32. The molecule has 1 N–H and O–H groups in total. The highest BCUT2D eigenvalue weighted by Crippen LogP contribution is 2.23. The third-order valence-corrected chi connectivity index (χ3v) is 4.46. The Kier molecular flexibility index (Phi) is 4.78. The molecular formula is C19H15N3OS. The van der Waals surface area contributed by atoms with Gasteiger partial charge in [-0.05, 0) is 48.9 Å². The van der Waals surface area contributed by atoms with Gasteiger partial charge < -0.3 is 5.32 Å². The molecule has 0 saturated carbocycles. The van der Waals surface area contributed by atoms with Gasteiger partial charge in [0.25, 0.3) is 0 Å². The highest BCUT2D eigenvalue weighted by Gasteiger charge is 2.07. The summed E-state index contributed by atoms with van der Waals surface area (Å²) in [6.07, 6.45) is 0. The van der Waals surface area contributed by atoms with E-state index in [1.165, 1.54) is 11.8 Å². The molecule has 1 heterocycles. The van der Waals surface area contributed by atoms with E-state index in [4.69, 9.17) is 5.26 Å². The van der Waals surface area contributed by atoms with Crippen molar-refractivity contribution in [2.24, 2.45) is 0 Å². The van der Waals surface area contributed by atoms with Gasteiger partial charge in [0.2, 0.25) is 5.91 Å². The first kappa shape index (κ1) is 16.0. The number of aromatic nitrogens is 1. The summed E-state index contributed by atoms with van der Waals surface area (Å²) in [6, 6.07) is 18.8. The van der Waals surface area contributed by atoms with Crippen molar-refractivity contribution in [1.82, 2.24) is 4.98 Å². The number of benzene rings is 2. The highest BCUT2D eigenvalue weighted by atomic mass is 32.2. The van der Waals surface area contributed by atoms with Crippen LogP contribution in [0.15, 0.2) is 59.6 Å². The molecule has 0 radical (unpaired) electrons. The van der Waals surface area contributed by atoms with Crippen molar-refractivity contribution in [2.75, 3.05) is 11.1 Å². The zero-order chi connectivity index (χ0) is 16.9. The fourth-order valence-electron chi connectivity index (χ4n) is 2.36. The van der Waals surface area contributed by atoms with E-state index in [1.54, 1.807) is 24.3 Å². The number of rotatable bonds is 4. The standard InChI is InChI=1S/C19H15N3OS/c1-13-10-19(22-17-5-3-2-4-16(13)17)24-12-18(23)21-15-8-6-14(11-20)7-9-15/h2-10H,12H2,1H3,(H,21,23). The molecular weight excluding hydrogens is 318 g/mol. The van der Waals surface area contributed by atoms with E-state index in [0.717, 1.165) is 21.5 Å². The van der Waals surface area contributed by atoms with Gasteiger partial charge in [-0.3, -0.25) is 4.79 Å². The average molecular weight is 333 g/mol. The summed E-state index contributed by atoms with van der Waals surface area (Å²) in [6.45, 7) is 2.05. The maximum Gasteiger partial charge on any atom is 0.234 e. The van der Waals surface area contributed by atoms with Crippen LogP contribution in [0.4, 0.5) is 5.69 Å². The molecule has 0 unspecified atom stereocenters. The van der Waals surface area contributed by atoms with Crippen molar-refractivity contribution >= 4 is 34.3 Å². The van der Waals surface area contributed by atoms with Crippen molar-refractivity contribution in [3.63, 3.8) is 0 Å². The third-order valence-electron chi connectivity index (χ3n) is 3.55. The van der Waals surface area contributed by atoms with E-state index >= 15 is 0 Å². The molecule has 0 saturated heterocycles. The summed E-state index contributed by atoms with van der Waals surface area (Å²) in [4.78, 5) is 16.6. The van der Waals surface area contributed by atoms with Crippen LogP contribution >= 0.6 is 11.8 Å². The van der Waals surface area contributed by atoms with Crippen LogP contribution in [-0.2, 0) is 4.79 Å². The molecule has 0 bridgehead atoms. The average Bonchev–Trinajstić information content (AvgIpc) is 2.61. The smallest absolute Gasteiger partial charge is 0.234 e. The normalized spacial score (nSPS) is 10.3. The SMILES string of the molecule is Cc1cc(SCC(=O)Nc2ccc(C#N)cc2)nc2ccccc12. The lowest BCUT2D eigenvalue weighted by Crippen LogP contribution is -2.14. The number of para-hydroxylation sites is 1. The van der Waals surface area contributed by atoms with Crippen LogP contribution in [0, 0.1) is 18.3 Å². The van der Waals surface area contributed by atoms with Gasteiger partial charge in [0.15, 0.2) is 0 Å². The van der Waals surface area contributed by atoms with Gasteiger partial charge in [-0.1, -0.05) is 30.0 Å². The number of pyridine rings is 1. The summed E-state index contributed by atoms with van der Waals surface area (Å²) >= 11 is 1.41. The van der Waals surface area contributed by atoms with Gasteiger partial charge in [-0.15, -0.1) is 0 Å². The predicted molar refractivity (Wildman–Crippen MR) is 97.0 cm³/mol. The van der Waals surface area contributed by atoms with Gasteiger partial charge in [-0.2, -0.15) is 5.26 Å². The summed E-state index contributed by atoms with van der Waals surface area (Å²) < 4.78 is 0. The number of aryl methyl sites for hydroxylation is 1. The monoisotopic (exact) mass is 333 g/mol. The maximum atomic E-state index is 12.1. The molecule has 0 fully saturated rings. The van der Waals surface area contributed by atoms with Gasteiger partial charge in [0, 0.05) is 11.1 Å². The number of hydrogen-bond donors (Lipinski definition) is 1. The molecule has 1 amide bonds. The van der Waals surface area contributed by atoms with E-state index in [1.807, 2.05) is 43.3 Å². The largest absolute Gasteiger partial charge is 0.325 e. The predicted octanol–water partition coefficient (Wildman–Crippen LogP) is 4.15. The van der Waals surface area contributed by atoms with E-state index in [-0.39, 0.29) is 11.7 Å². The molecule has 0 spiro atoms. The molecule has 3 rings (SSSR count). The second-order valence-corrected chi connectivity index (χ2v) is 6.32. The number of anilines is 1. The van der Waals surface area contributed by atoms with Gasteiger partial charge in [0.1, 0.15) is 0 Å². The Morgan fingerprint density at radius 3 is 2.71 bits per heavy atom. The fraction of sp³-hybridized carbons (Fsp3) is 0.105. The Morgan fingerprint density at radius 2 is 1.96 bits per heavy atom. The number of carbonyl (C=O) groups is 1. The lowest BCUT2D eigenvalue weighted by atomic mass is 10.1. The van der Waals surface area contributed by atoms with Crippen molar-refractivity contribution in [3.8, 4) is 6.07 Å². The minimum Gasteiger partial charge on any atom is -0.325 e. The van der Waals surface area contributed by atoms with E-state index < -0.39 is 0 Å². The van der Waals surface area contributed by atoms with Crippen LogP contribution in [0.1, 0.15) is 11.1 Å². The first-order chi connectivity index (χ1) is 11.7. The number of carbonyl (C=O) groups excluding carboxylic acids is 1. The number of nitrogens with zero attached hydrogens (tertiary/aromatic N) is 2. The van der Waals surface area contributed by atoms with Crippen LogP contribution in [0.2, 0.25) is 0 Å². The molecule has 2 aromatic carbocycles. The third kappa shape index (κ3) is 3.73. The second kappa shape index (κ2) is 7.16. The molecule has 0 atom stereocenters. The molecule has 4 nitrogen and oxygen atoms in total. The minimum absolute atomic E-state index is 0.0997. The lowest BCUT2D eigenvalue weighted by molar-refractivity contribution is -0.113. The Balaban J connectivity index is 1.64. The number of amides is 1. The fourth-order valence-corrected chi connectivity index (χ4v) is 3.13. The topological polar surface area (TPSA) is 65.8 Å². The van der Waals surface area contributed by atoms with Crippen molar-refractivity contribution in [1.29, 1.82) is 5.26 Å². The van der Waals surface area contributed by atoms with Crippen molar-refractivity contribution in [2.45, 2.75) is 11.9 Å². The molecule has 0 aliphatic rings. The van der Waals surface area contributed by atoms with Crippen LogP contribution in [-0.4, -0.2) is 16.6 Å². The molecule has 3 aromatic rings. The Morgan fingerprint density at radius 1 is 1.21 bits per heavy atom. The minimum atomic E-state index is -0.0997. The zero-order valence-corrected chi connectivity index (χ0v) is 13.9. The number of nitriles is 1. The molecule has 118 valence electrons. The maximum absolute atomic E-state index is 12.1.